The molecule has 2 aliphatic heterocycles. The average Bonchev–Trinajstić information content (AvgIpc) is 3.08. The Balaban J connectivity index is 1.64. The second kappa shape index (κ2) is 5.94. The third kappa shape index (κ3) is 2.47. The van der Waals surface area contributed by atoms with Crippen LogP contribution in [0.15, 0.2) is 29.6 Å². The van der Waals surface area contributed by atoms with E-state index in [1.807, 2.05) is 4.90 Å². The van der Waals surface area contributed by atoms with E-state index < -0.39 is 0 Å². The molecule has 24 heavy (non-hydrogen) atoms. The van der Waals surface area contributed by atoms with Crippen LogP contribution in [0.4, 0.5) is 5.69 Å². The van der Waals surface area contributed by atoms with Crippen LogP contribution in [0.1, 0.15) is 40.2 Å². The summed E-state index contributed by atoms with van der Waals surface area (Å²) in [7, 11) is 0. The third-order valence-electron chi connectivity index (χ3n) is 4.60. The van der Waals surface area contributed by atoms with Gasteiger partial charge in [-0.1, -0.05) is 6.92 Å². The highest BCUT2D eigenvalue weighted by Crippen LogP contribution is 2.37. The Bertz CT molecular complexity index is 814. The van der Waals surface area contributed by atoms with Gasteiger partial charge >= 0.3 is 0 Å². The Morgan fingerprint density at radius 2 is 2.29 bits per heavy atom. The molecule has 3 heterocycles. The predicted octanol–water partition coefficient (Wildman–Crippen LogP) is 3.23. The van der Waals surface area contributed by atoms with E-state index >= 15 is 0 Å². The first-order valence-corrected chi connectivity index (χ1v) is 8.99. The van der Waals surface area contributed by atoms with Crippen LogP contribution in [0.5, 0.6) is 5.75 Å². The molecule has 6 heteroatoms. The van der Waals surface area contributed by atoms with E-state index in [0.717, 1.165) is 19.4 Å². The van der Waals surface area contributed by atoms with E-state index in [4.69, 9.17) is 4.74 Å². The minimum absolute atomic E-state index is 0.00122. The molecule has 1 unspecified atom stereocenters. The lowest BCUT2D eigenvalue weighted by Gasteiger charge is -2.35. The lowest BCUT2D eigenvalue weighted by Crippen LogP contribution is -2.39. The molecule has 1 aromatic carbocycles. The molecular weight excluding hydrogens is 324 g/mol. The zero-order valence-corrected chi connectivity index (χ0v) is 14.2. The number of hydrogen-bond donors (Lipinski definition) is 1. The summed E-state index contributed by atoms with van der Waals surface area (Å²) in [6.07, 6.45) is 1.79. The molecule has 0 fully saturated rings. The second-order valence-electron chi connectivity index (χ2n) is 6.02. The van der Waals surface area contributed by atoms with Gasteiger partial charge in [0, 0.05) is 17.0 Å². The molecule has 1 atom stereocenters. The van der Waals surface area contributed by atoms with Gasteiger partial charge in [0.15, 0.2) is 6.61 Å². The quantitative estimate of drug-likeness (QED) is 0.911. The number of carbonyl (C=O) groups excluding carboxylic acids is 2. The van der Waals surface area contributed by atoms with Crippen LogP contribution in [-0.2, 0) is 11.2 Å². The number of rotatable bonds is 2. The number of ether oxygens (including phenoxy) is 1. The van der Waals surface area contributed by atoms with Gasteiger partial charge in [-0.3, -0.25) is 9.59 Å². The van der Waals surface area contributed by atoms with Crippen molar-refractivity contribution < 1.29 is 14.3 Å². The van der Waals surface area contributed by atoms with Crippen molar-refractivity contribution in [3.63, 3.8) is 0 Å². The summed E-state index contributed by atoms with van der Waals surface area (Å²) in [6.45, 7) is 2.86. The minimum Gasteiger partial charge on any atom is -0.482 e. The molecule has 1 N–H and O–H groups in total. The Morgan fingerprint density at radius 1 is 1.42 bits per heavy atom. The van der Waals surface area contributed by atoms with Gasteiger partial charge in [0.25, 0.3) is 11.8 Å². The van der Waals surface area contributed by atoms with E-state index in [1.54, 1.807) is 29.5 Å². The van der Waals surface area contributed by atoms with Crippen LogP contribution in [0.2, 0.25) is 0 Å². The maximum atomic E-state index is 13.0. The van der Waals surface area contributed by atoms with Crippen LogP contribution >= 0.6 is 11.3 Å². The van der Waals surface area contributed by atoms with Crippen molar-refractivity contribution in [2.45, 2.75) is 25.8 Å². The molecule has 2 aliphatic rings. The summed E-state index contributed by atoms with van der Waals surface area (Å²) in [6, 6.07) is 7.49. The van der Waals surface area contributed by atoms with Crippen molar-refractivity contribution in [3.05, 3.63) is 45.6 Å². The van der Waals surface area contributed by atoms with Gasteiger partial charge < -0.3 is 15.0 Å². The van der Waals surface area contributed by atoms with Crippen molar-refractivity contribution in [1.29, 1.82) is 0 Å². The zero-order chi connectivity index (χ0) is 16.7. The molecule has 0 radical (unpaired) electrons. The maximum Gasteiger partial charge on any atom is 0.262 e. The van der Waals surface area contributed by atoms with Crippen molar-refractivity contribution in [1.82, 2.24) is 4.90 Å². The summed E-state index contributed by atoms with van der Waals surface area (Å²) in [4.78, 5) is 27.9. The van der Waals surface area contributed by atoms with Gasteiger partial charge in [-0.05, 0) is 48.1 Å². The molecular formula is C18H18N2O3S. The molecule has 0 aliphatic carbocycles. The number of anilines is 1. The number of carbonyl (C=O) groups is 2. The normalized spacial score (nSPS) is 19.1. The summed E-state index contributed by atoms with van der Waals surface area (Å²) >= 11 is 1.77. The lowest BCUT2D eigenvalue weighted by molar-refractivity contribution is -0.118. The molecule has 2 aromatic rings. The predicted molar refractivity (Wildman–Crippen MR) is 92.7 cm³/mol. The standard InChI is InChI=1S/C18H18N2O3S/c1-2-14-12-6-8-24-16(12)5-7-20(14)18(22)11-3-4-15-13(9-11)19-17(21)10-23-15/h3-4,6,8-9,14H,2,5,7,10H2,1H3,(H,19,21). The van der Waals surface area contributed by atoms with Crippen LogP contribution in [0, 0.1) is 0 Å². The molecule has 1 aromatic heterocycles. The van der Waals surface area contributed by atoms with Gasteiger partial charge in [0.1, 0.15) is 5.75 Å². The lowest BCUT2D eigenvalue weighted by atomic mass is 9.96. The summed E-state index contributed by atoms with van der Waals surface area (Å²) in [5.41, 5.74) is 2.42. The molecule has 0 spiro atoms. The Kier molecular flexibility index (Phi) is 3.76. The smallest absolute Gasteiger partial charge is 0.262 e. The molecule has 124 valence electrons. The highest BCUT2D eigenvalue weighted by atomic mass is 32.1. The Labute approximate surface area is 144 Å². The summed E-state index contributed by atoms with van der Waals surface area (Å²) in [5.74, 6) is 0.415. The van der Waals surface area contributed by atoms with Crippen LogP contribution in [0.3, 0.4) is 0 Å². The monoisotopic (exact) mass is 342 g/mol. The number of hydrogen-bond acceptors (Lipinski definition) is 4. The van der Waals surface area contributed by atoms with Crippen LogP contribution in [-0.4, -0.2) is 29.9 Å². The first-order chi connectivity index (χ1) is 11.7. The van der Waals surface area contributed by atoms with E-state index in [-0.39, 0.29) is 24.5 Å². The second-order valence-corrected chi connectivity index (χ2v) is 7.02. The van der Waals surface area contributed by atoms with Crippen molar-refractivity contribution in [2.24, 2.45) is 0 Å². The minimum atomic E-state index is -0.195. The van der Waals surface area contributed by atoms with Crippen LogP contribution in [0.25, 0.3) is 0 Å². The Morgan fingerprint density at radius 3 is 3.12 bits per heavy atom. The van der Waals surface area contributed by atoms with Crippen LogP contribution < -0.4 is 10.1 Å². The molecule has 0 saturated carbocycles. The number of nitrogens with zero attached hydrogens (tertiary/aromatic N) is 1. The fourth-order valence-corrected chi connectivity index (χ4v) is 4.39. The molecule has 5 nitrogen and oxygen atoms in total. The number of nitrogens with one attached hydrogen (secondary N) is 1. The average molecular weight is 342 g/mol. The van der Waals surface area contributed by atoms with E-state index in [2.05, 4.69) is 23.7 Å². The first kappa shape index (κ1) is 15.2. The Hall–Kier alpha value is -2.34. The topological polar surface area (TPSA) is 58.6 Å². The maximum absolute atomic E-state index is 13.0. The number of amides is 2. The zero-order valence-electron chi connectivity index (χ0n) is 13.4. The first-order valence-electron chi connectivity index (χ1n) is 8.11. The fraction of sp³-hybridized carbons (Fsp3) is 0.333. The largest absolute Gasteiger partial charge is 0.482 e. The highest BCUT2D eigenvalue weighted by molar-refractivity contribution is 7.10. The number of fused-ring (bicyclic) bond motifs is 2. The molecule has 0 bridgehead atoms. The highest BCUT2D eigenvalue weighted by Gasteiger charge is 2.31. The van der Waals surface area contributed by atoms with E-state index in [0.29, 0.717) is 17.0 Å². The molecule has 0 saturated heterocycles. The molecule has 4 rings (SSSR count). The van der Waals surface area contributed by atoms with Crippen molar-refractivity contribution >= 4 is 28.8 Å². The van der Waals surface area contributed by atoms with Crippen molar-refractivity contribution in [2.75, 3.05) is 18.5 Å². The number of thiophene rings is 1. The van der Waals surface area contributed by atoms with E-state index in [9.17, 15) is 9.59 Å². The SMILES string of the molecule is CCC1c2ccsc2CCN1C(=O)c1ccc2c(c1)NC(=O)CO2. The van der Waals surface area contributed by atoms with E-state index in [1.165, 1.54) is 10.4 Å². The van der Waals surface area contributed by atoms with Gasteiger partial charge in [-0.15, -0.1) is 11.3 Å². The van der Waals surface area contributed by atoms with Crippen molar-refractivity contribution in [3.8, 4) is 5.75 Å². The van der Waals surface area contributed by atoms with Gasteiger partial charge in [0.05, 0.1) is 11.7 Å². The summed E-state index contributed by atoms with van der Waals surface area (Å²) < 4.78 is 5.36. The molecule has 2 amide bonds. The van der Waals surface area contributed by atoms with Gasteiger partial charge in [0.2, 0.25) is 0 Å². The summed E-state index contributed by atoms with van der Waals surface area (Å²) in [5, 5.41) is 4.87. The third-order valence-corrected chi connectivity index (χ3v) is 5.60. The van der Waals surface area contributed by atoms with Gasteiger partial charge in [-0.2, -0.15) is 0 Å². The fourth-order valence-electron chi connectivity index (χ4n) is 3.46. The number of benzene rings is 1. The van der Waals surface area contributed by atoms with Gasteiger partial charge in [-0.25, -0.2) is 0 Å².